The molecule has 10 heteroatoms. The minimum absolute atomic E-state index is 0.102. The first-order chi connectivity index (χ1) is 20.3. The molecule has 10 nitrogen and oxygen atoms in total. The maximum absolute atomic E-state index is 13.4. The van der Waals surface area contributed by atoms with E-state index in [1.807, 2.05) is 54.6 Å². The zero-order valence-electron chi connectivity index (χ0n) is 23.1. The second kappa shape index (κ2) is 14.3. The highest BCUT2D eigenvalue weighted by Gasteiger charge is 2.23. The largest absolute Gasteiger partial charge is 0.478 e. The monoisotopic (exact) mass is 568 g/mol. The normalized spacial score (nSPS) is 11.9. The third kappa shape index (κ3) is 8.31. The van der Waals surface area contributed by atoms with E-state index in [4.69, 9.17) is 4.74 Å². The van der Waals surface area contributed by atoms with Gasteiger partial charge < -0.3 is 30.8 Å². The summed E-state index contributed by atoms with van der Waals surface area (Å²) in [5.74, 6) is -2.02. The number of ether oxygens (including phenoxy) is 1. The molecule has 0 aliphatic rings. The number of H-pyrrole nitrogens is 1. The topological polar surface area (TPSA) is 150 Å². The van der Waals surface area contributed by atoms with Crippen LogP contribution in [0.1, 0.15) is 41.4 Å². The fraction of sp³-hybridized carbons (Fsp3) is 0.188. The Balaban J connectivity index is 1.42. The van der Waals surface area contributed by atoms with Gasteiger partial charge in [0.15, 0.2) is 0 Å². The average molecular weight is 569 g/mol. The van der Waals surface area contributed by atoms with Crippen LogP contribution in [0.15, 0.2) is 90.5 Å². The van der Waals surface area contributed by atoms with Gasteiger partial charge in [-0.05, 0) is 55.2 Å². The van der Waals surface area contributed by atoms with E-state index in [0.717, 1.165) is 16.5 Å². The van der Waals surface area contributed by atoms with E-state index in [1.54, 1.807) is 30.3 Å². The summed E-state index contributed by atoms with van der Waals surface area (Å²) in [6.07, 6.45) is 1.45. The molecule has 0 aliphatic carbocycles. The van der Waals surface area contributed by atoms with Gasteiger partial charge in [0.2, 0.25) is 5.91 Å². The van der Waals surface area contributed by atoms with Gasteiger partial charge in [0.05, 0.1) is 0 Å². The molecule has 4 aromatic rings. The Bertz CT molecular complexity index is 1560. The van der Waals surface area contributed by atoms with Crippen LogP contribution < -0.4 is 16.0 Å². The predicted molar refractivity (Wildman–Crippen MR) is 160 cm³/mol. The third-order valence-corrected chi connectivity index (χ3v) is 6.48. The van der Waals surface area contributed by atoms with Crippen molar-refractivity contribution in [3.05, 3.63) is 107 Å². The molecule has 0 fully saturated rings. The number of hydrogen-bond donors (Lipinski definition) is 5. The first-order valence-corrected chi connectivity index (χ1v) is 13.4. The number of hydrogen-bond acceptors (Lipinski definition) is 5. The molecular weight excluding hydrogens is 536 g/mol. The van der Waals surface area contributed by atoms with Gasteiger partial charge in [-0.25, -0.2) is 9.59 Å². The lowest BCUT2D eigenvalue weighted by atomic mass is 10.1. The van der Waals surface area contributed by atoms with E-state index in [2.05, 4.69) is 20.9 Å². The minimum Gasteiger partial charge on any atom is -0.478 e. The fourth-order valence-electron chi connectivity index (χ4n) is 4.22. The summed E-state index contributed by atoms with van der Waals surface area (Å²) in [7, 11) is 0. The molecule has 4 rings (SSSR count). The Labute approximate surface area is 242 Å². The van der Waals surface area contributed by atoms with Crippen molar-refractivity contribution in [1.29, 1.82) is 0 Å². The number of para-hydroxylation sites is 2. The quantitative estimate of drug-likeness (QED) is 0.119. The molecule has 0 bridgehead atoms. The van der Waals surface area contributed by atoms with Crippen LogP contribution in [0.5, 0.6) is 0 Å². The Hall–Kier alpha value is -5.38. The van der Waals surface area contributed by atoms with Gasteiger partial charge in [0.1, 0.15) is 18.3 Å². The summed E-state index contributed by atoms with van der Waals surface area (Å²) < 4.78 is 5.22. The smallest absolute Gasteiger partial charge is 0.407 e. The van der Waals surface area contributed by atoms with Gasteiger partial charge in [-0.1, -0.05) is 66.7 Å². The zero-order valence-corrected chi connectivity index (χ0v) is 23.1. The standard InChI is InChI=1S/C32H32N4O6/c1-21(31(39)40)18-23-12-5-8-15-26(23)35-29(37)27(36-30(38)28-19-24-13-6-7-14-25(24)34-28)16-9-17-33-32(41)42-20-22-10-3-2-4-11-22/h2-8,10-15,18-19,27,34H,9,16-17,20H2,1H3,(H,33,41)(H,35,37)(H,36,38)(H,39,40)/b21-18+/t27-/m0/s1. The molecule has 0 saturated carbocycles. The summed E-state index contributed by atoms with van der Waals surface area (Å²) >= 11 is 0. The molecule has 0 unspecified atom stereocenters. The van der Waals surface area contributed by atoms with Gasteiger partial charge in [-0.3, -0.25) is 9.59 Å². The maximum atomic E-state index is 13.4. The van der Waals surface area contributed by atoms with Crippen molar-refractivity contribution < 1.29 is 29.0 Å². The number of fused-ring (bicyclic) bond motifs is 1. The van der Waals surface area contributed by atoms with E-state index in [1.165, 1.54) is 13.0 Å². The highest BCUT2D eigenvalue weighted by atomic mass is 16.5. The third-order valence-electron chi connectivity index (χ3n) is 6.48. The van der Waals surface area contributed by atoms with Gasteiger partial charge in [0.25, 0.3) is 5.91 Å². The number of aromatic nitrogens is 1. The Morgan fingerprint density at radius 1 is 0.952 bits per heavy atom. The van der Waals surface area contributed by atoms with Crippen LogP contribution >= 0.6 is 0 Å². The van der Waals surface area contributed by atoms with E-state index < -0.39 is 29.9 Å². The molecule has 1 heterocycles. The summed E-state index contributed by atoms with van der Waals surface area (Å²) in [6.45, 7) is 1.81. The highest BCUT2D eigenvalue weighted by Crippen LogP contribution is 2.20. The van der Waals surface area contributed by atoms with E-state index in [9.17, 15) is 24.3 Å². The maximum Gasteiger partial charge on any atom is 0.407 e. The SMILES string of the molecule is C/C(=C\c1ccccc1NC(=O)[C@H](CCCNC(=O)OCc1ccccc1)NC(=O)c1cc2ccccc2[nH]1)C(=O)O. The van der Waals surface area contributed by atoms with Crippen molar-refractivity contribution in [1.82, 2.24) is 15.6 Å². The molecule has 3 aromatic carbocycles. The van der Waals surface area contributed by atoms with Crippen LogP contribution in [-0.4, -0.2) is 46.6 Å². The summed E-state index contributed by atoms with van der Waals surface area (Å²) in [4.78, 5) is 53.1. The summed E-state index contributed by atoms with van der Waals surface area (Å²) in [6, 6.07) is 24.3. The highest BCUT2D eigenvalue weighted by molar-refractivity contribution is 6.03. The second-order valence-electron chi connectivity index (χ2n) is 9.64. The van der Waals surface area contributed by atoms with E-state index in [-0.39, 0.29) is 25.1 Å². The molecule has 1 atom stereocenters. The molecular formula is C32H32N4O6. The van der Waals surface area contributed by atoms with Crippen molar-refractivity contribution >= 4 is 46.5 Å². The number of carbonyl (C=O) groups is 4. The van der Waals surface area contributed by atoms with Gasteiger partial charge in [0, 0.05) is 28.7 Å². The number of amides is 3. The number of benzene rings is 3. The second-order valence-corrected chi connectivity index (χ2v) is 9.64. The van der Waals surface area contributed by atoms with Crippen molar-refractivity contribution in [2.75, 3.05) is 11.9 Å². The first-order valence-electron chi connectivity index (χ1n) is 13.4. The Morgan fingerprint density at radius 2 is 1.67 bits per heavy atom. The van der Waals surface area contributed by atoms with Crippen LogP contribution in [0.3, 0.4) is 0 Å². The number of carboxylic acid groups (broad SMARTS) is 1. The predicted octanol–water partition coefficient (Wildman–Crippen LogP) is 5.10. The molecule has 0 radical (unpaired) electrons. The lowest BCUT2D eigenvalue weighted by molar-refractivity contribution is -0.132. The zero-order chi connectivity index (χ0) is 29.9. The van der Waals surface area contributed by atoms with Crippen molar-refractivity contribution in [3.8, 4) is 0 Å². The molecule has 0 saturated heterocycles. The molecule has 1 aromatic heterocycles. The lowest BCUT2D eigenvalue weighted by Crippen LogP contribution is -2.44. The van der Waals surface area contributed by atoms with Crippen LogP contribution in [0.2, 0.25) is 0 Å². The minimum atomic E-state index is -1.07. The van der Waals surface area contributed by atoms with Crippen LogP contribution in [0, 0.1) is 0 Å². The van der Waals surface area contributed by atoms with E-state index in [0.29, 0.717) is 23.4 Å². The number of nitrogens with one attached hydrogen (secondary N) is 4. The van der Waals surface area contributed by atoms with Crippen molar-refractivity contribution in [3.63, 3.8) is 0 Å². The molecule has 3 amide bonds. The number of rotatable bonds is 12. The average Bonchev–Trinajstić information content (AvgIpc) is 3.43. The summed E-state index contributed by atoms with van der Waals surface area (Å²) in [5, 5.41) is 18.4. The number of carboxylic acids is 1. The van der Waals surface area contributed by atoms with Crippen molar-refractivity contribution in [2.45, 2.75) is 32.4 Å². The number of anilines is 1. The molecule has 0 spiro atoms. The van der Waals surface area contributed by atoms with Gasteiger partial charge in [-0.2, -0.15) is 0 Å². The lowest BCUT2D eigenvalue weighted by Gasteiger charge is -2.19. The molecule has 0 aliphatic heterocycles. The fourth-order valence-corrected chi connectivity index (χ4v) is 4.22. The molecule has 42 heavy (non-hydrogen) atoms. The van der Waals surface area contributed by atoms with Crippen LogP contribution in [-0.2, 0) is 20.9 Å². The van der Waals surface area contributed by atoms with Gasteiger partial charge in [-0.15, -0.1) is 0 Å². The van der Waals surface area contributed by atoms with Gasteiger partial charge >= 0.3 is 12.1 Å². The number of aliphatic carboxylic acids is 1. The van der Waals surface area contributed by atoms with E-state index >= 15 is 0 Å². The molecule has 5 N–H and O–H groups in total. The Morgan fingerprint density at radius 3 is 2.43 bits per heavy atom. The number of alkyl carbamates (subject to hydrolysis) is 1. The van der Waals surface area contributed by atoms with Crippen LogP contribution in [0.4, 0.5) is 10.5 Å². The number of carbonyl (C=O) groups excluding carboxylic acids is 3. The van der Waals surface area contributed by atoms with Crippen LogP contribution in [0.25, 0.3) is 17.0 Å². The number of aromatic amines is 1. The summed E-state index contributed by atoms with van der Waals surface area (Å²) in [5.41, 5.74) is 2.96. The molecule has 216 valence electrons. The Kier molecular flexibility index (Phi) is 10.1. The first kappa shape index (κ1) is 29.6. The van der Waals surface area contributed by atoms with Crippen molar-refractivity contribution in [2.24, 2.45) is 0 Å².